The summed E-state index contributed by atoms with van der Waals surface area (Å²) >= 11 is 0. The van der Waals surface area contributed by atoms with Crippen molar-refractivity contribution in [3.05, 3.63) is 34.9 Å². The molecule has 1 N–H and O–H groups in total. The fourth-order valence-electron chi connectivity index (χ4n) is 3.02. The number of likely N-dealkylation sites (N-methyl/N-ethyl adjacent to an activating group) is 1. The van der Waals surface area contributed by atoms with E-state index >= 15 is 0 Å². The molecule has 0 aromatic heterocycles. The van der Waals surface area contributed by atoms with E-state index in [4.69, 9.17) is 0 Å². The molecule has 0 radical (unpaired) electrons. The Labute approximate surface area is 158 Å². The van der Waals surface area contributed by atoms with E-state index in [0.717, 1.165) is 36.4 Å². The lowest BCUT2D eigenvalue weighted by Gasteiger charge is -2.28. The second-order valence-electron chi connectivity index (χ2n) is 6.30. The zero-order valence-corrected chi connectivity index (χ0v) is 17.3. The number of benzene rings is 1. The molecule has 1 aliphatic carbocycles. The van der Waals surface area contributed by atoms with Crippen LogP contribution in [0.2, 0.25) is 0 Å². The van der Waals surface area contributed by atoms with E-state index in [0.29, 0.717) is 0 Å². The zero-order valence-electron chi connectivity index (χ0n) is 17.3. The monoisotopic (exact) mass is 374 g/mol. The number of fused-ring (bicyclic) bond motifs is 1. The van der Waals surface area contributed by atoms with Crippen LogP contribution in [0.5, 0.6) is 0 Å². The van der Waals surface area contributed by atoms with Crippen molar-refractivity contribution >= 4 is 0 Å². The minimum absolute atomic E-state index is 0.520. The molecule has 1 aromatic rings. The predicted molar refractivity (Wildman–Crippen MR) is 106 cm³/mol. The maximum atomic E-state index is 12.3. The van der Waals surface area contributed by atoms with Gasteiger partial charge in [-0.25, -0.2) is 0 Å². The lowest BCUT2D eigenvalue weighted by atomic mass is 10.1. The van der Waals surface area contributed by atoms with Gasteiger partial charge in [-0.15, -0.1) is 0 Å². The average molecular weight is 375 g/mol. The SMILES string of the molecule is CC.CC.CN(C)C1CCCNC1.FC(F)(F)c1ccc2c(c1)CCC2. The summed E-state index contributed by atoms with van der Waals surface area (Å²) < 4.78 is 36.8. The van der Waals surface area contributed by atoms with E-state index in [1.54, 1.807) is 6.07 Å². The van der Waals surface area contributed by atoms with Crippen molar-refractivity contribution in [3.63, 3.8) is 0 Å². The van der Waals surface area contributed by atoms with Gasteiger partial charge in [-0.1, -0.05) is 33.8 Å². The fraction of sp³-hybridized carbons (Fsp3) is 0.714. The van der Waals surface area contributed by atoms with Crippen molar-refractivity contribution < 1.29 is 13.2 Å². The van der Waals surface area contributed by atoms with Crippen LogP contribution in [0.25, 0.3) is 0 Å². The summed E-state index contributed by atoms with van der Waals surface area (Å²) in [6.07, 6.45) is 1.20. The molecule has 152 valence electrons. The van der Waals surface area contributed by atoms with Crippen LogP contribution in [0, 0.1) is 0 Å². The van der Waals surface area contributed by atoms with E-state index in [-0.39, 0.29) is 0 Å². The Morgan fingerprint density at radius 2 is 1.58 bits per heavy atom. The van der Waals surface area contributed by atoms with Crippen LogP contribution in [0.1, 0.15) is 63.6 Å². The summed E-state index contributed by atoms with van der Waals surface area (Å²) in [5.74, 6) is 0. The van der Waals surface area contributed by atoms with E-state index < -0.39 is 11.7 Å². The summed E-state index contributed by atoms with van der Waals surface area (Å²) in [7, 11) is 4.30. The lowest BCUT2D eigenvalue weighted by molar-refractivity contribution is -0.137. The molecule has 5 heteroatoms. The Morgan fingerprint density at radius 1 is 0.962 bits per heavy atom. The minimum Gasteiger partial charge on any atom is -0.315 e. The predicted octanol–water partition coefficient (Wildman–Crippen LogP) is 5.55. The smallest absolute Gasteiger partial charge is 0.315 e. The normalized spacial score (nSPS) is 18.5. The summed E-state index contributed by atoms with van der Waals surface area (Å²) in [6.45, 7) is 10.4. The molecule has 0 saturated carbocycles. The van der Waals surface area contributed by atoms with E-state index in [1.165, 1.54) is 38.1 Å². The molecule has 3 rings (SSSR count). The number of piperidine rings is 1. The third kappa shape index (κ3) is 8.54. The zero-order chi connectivity index (χ0) is 20.2. The Morgan fingerprint density at radius 3 is 2.04 bits per heavy atom. The molecule has 1 aliphatic heterocycles. The number of aryl methyl sites for hydroxylation is 2. The highest BCUT2D eigenvalue weighted by Gasteiger charge is 2.31. The molecule has 1 unspecified atom stereocenters. The van der Waals surface area contributed by atoms with Gasteiger partial charge in [0.05, 0.1) is 5.56 Å². The van der Waals surface area contributed by atoms with Crippen molar-refractivity contribution in [2.24, 2.45) is 0 Å². The van der Waals surface area contributed by atoms with Crippen molar-refractivity contribution in [1.82, 2.24) is 10.2 Å². The molecule has 1 aromatic carbocycles. The maximum absolute atomic E-state index is 12.3. The third-order valence-corrected chi connectivity index (χ3v) is 4.43. The fourth-order valence-corrected chi connectivity index (χ4v) is 3.02. The molecule has 0 bridgehead atoms. The first-order valence-electron chi connectivity index (χ1n) is 9.94. The molecule has 1 atom stereocenters. The van der Waals surface area contributed by atoms with Crippen molar-refractivity contribution in [2.75, 3.05) is 27.2 Å². The molecule has 2 aliphatic rings. The first kappa shape index (κ1) is 24.9. The molecule has 0 amide bonds. The number of rotatable bonds is 1. The highest BCUT2D eigenvalue weighted by atomic mass is 19.4. The van der Waals surface area contributed by atoms with Crippen molar-refractivity contribution in [2.45, 2.75) is 72.0 Å². The Hall–Kier alpha value is -1.07. The molecule has 0 spiro atoms. The van der Waals surface area contributed by atoms with Crippen molar-refractivity contribution in [1.29, 1.82) is 0 Å². The topological polar surface area (TPSA) is 15.3 Å². The lowest BCUT2D eigenvalue weighted by Crippen LogP contribution is -2.42. The highest BCUT2D eigenvalue weighted by molar-refractivity contribution is 5.36. The van der Waals surface area contributed by atoms with Crippen LogP contribution in [0.4, 0.5) is 13.2 Å². The van der Waals surface area contributed by atoms with Crippen LogP contribution in [-0.2, 0) is 19.0 Å². The van der Waals surface area contributed by atoms with Crippen molar-refractivity contribution in [3.8, 4) is 0 Å². The van der Waals surface area contributed by atoms with Crippen LogP contribution in [-0.4, -0.2) is 38.1 Å². The molecule has 2 nitrogen and oxygen atoms in total. The molecule has 1 fully saturated rings. The second kappa shape index (κ2) is 13.2. The van der Waals surface area contributed by atoms with Gasteiger partial charge < -0.3 is 10.2 Å². The number of hydrogen-bond acceptors (Lipinski definition) is 2. The summed E-state index contributed by atoms with van der Waals surface area (Å²) in [5.41, 5.74) is 1.43. The quantitative estimate of drug-likeness (QED) is 0.694. The van der Waals surface area contributed by atoms with Crippen LogP contribution < -0.4 is 5.32 Å². The van der Waals surface area contributed by atoms with Gasteiger partial charge in [0.1, 0.15) is 0 Å². The third-order valence-electron chi connectivity index (χ3n) is 4.43. The molecular weight excluding hydrogens is 337 g/mol. The number of halogens is 3. The number of hydrogen-bond donors (Lipinski definition) is 1. The largest absolute Gasteiger partial charge is 0.416 e. The van der Waals surface area contributed by atoms with Crippen LogP contribution in [0.15, 0.2) is 18.2 Å². The molecule has 1 saturated heterocycles. The van der Waals surface area contributed by atoms with E-state index in [1.807, 2.05) is 27.7 Å². The van der Waals surface area contributed by atoms with Gasteiger partial charge in [0.25, 0.3) is 0 Å². The maximum Gasteiger partial charge on any atom is 0.416 e. The Bertz CT molecular complexity index is 479. The van der Waals surface area contributed by atoms with E-state index in [2.05, 4.69) is 24.3 Å². The molecular formula is C21H37F3N2. The van der Waals surface area contributed by atoms with Gasteiger partial charge in [-0.3, -0.25) is 0 Å². The van der Waals surface area contributed by atoms with E-state index in [9.17, 15) is 13.2 Å². The summed E-state index contributed by atoms with van der Waals surface area (Å²) in [4.78, 5) is 2.30. The van der Waals surface area contributed by atoms with Gasteiger partial charge in [-0.2, -0.15) is 13.2 Å². The number of nitrogens with one attached hydrogen (secondary N) is 1. The summed E-state index contributed by atoms with van der Waals surface area (Å²) in [6, 6.07) is 4.83. The standard InChI is InChI=1S/C10H9F3.C7H16N2.2C2H6/c11-10(12,13)9-5-4-7-2-1-3-8(7)6-9;1-9(2)7-4-3-5-8-6-7;2*1-2/h4-6H,1-3H2;7-8H,3-6H2,1-2H3;2*1-2H3. The van der Waals surface area contributed by atoms with Crippen LogP contribution in [0.3, 0.4) is 0 Å². The Kier molecular flexibility index (Phi) is 12.6. The van der Waals surface area contributed by atoms with Gasteiger partial charge in [0.15, 0.2) is 0 Å². The second-order valence-corrected chi connectivity index (χ2v) is 6.30. The van der Waals surface area contributed by atoms with Gasteiger partial charge in [0.2, 0.25) is 0 Å². The molecule has 26 heavy (non-hydrogen) atoms. The minimum atomic E-state index is -4.20. The van der Waals surface area contributed by atoms with Crippen LogP contribution >= 0.6 is 0 Å². The number of nitrogens with zero attached hydrogens (tertiary/aromatic N) is 1. The van der Waals surface area contributed by atoms with Gasteiger partial charge >= 0.3 is 6.18 Å². The first-order valence-corrected chi connectivity index (χ1v) is 9.94. The summed E-state index contributed by atoms with van der Waals surface area (Å²) in [5, 5.41) is 3.37. The van der Waals surface area contributed by atoms with Gasteiger partial charge in [0, 0.05) is 12.6 Å². The van der Waals surface area contributed by atoms with Gasteiger partial charge in [-0.05, 0) is 76.0 Å². The highest BCUT2D eigenvalue weighted by Crippen LogP contribution is 2.32. The average Bonchev–Trinajstić information content (AvgIpc) is 3.13. The molecule has 1 heterocycles. The Balaban J connectivity index is 0.000000422. The first-order chi connectivity index (χ1) is 12.4. The number of alkyl halides is 3.